The van der Waals surface area contributed by atoms with Gasteiger partial charge in [0.2, 0.25) is 0 Å². The van der Waals surface area contributed by atoms with Gasteiger partial charge in [-0.05, 0) is 162 Å². The van der Waals surface area contributed by atoms with Crippen LogP contribution in [0.4, 0.5) is 9.59 Å². The van der Waals surface area contributed by atoms with E-state index in [1.807, 2.05) is 13.8 Å². The van der Waals surface area contributed by atoms with E-state index in [2.05, 4.69) is 0 Å². The second kappa shape index (κ2) is 11.9. The third kappa shape index (κ3) is 5.33. The van der Waals surface area contributed by atoms with Crippen LogP contribution in [0.15, 0.2) is 0 Å². The van der Waals surface area contributed by atoms with Crippen molar-refractivity contribution >= 4 is 35.7 Å². The van der Waals surface area contributed by atoms with Crippen molar-refractivity contribution in [1.29, 1.82) is 0 Å². The molecule has 0 aromatic rings. The summed E-state index contributed by atoms with van der Waals surface area (Å²) < 4.78 is 0. The van der Waals surface area contributed by atoms with Gasteiger partial charge in [0, 0.05) is 25.2 Å². The summed E-state index contributed by atoms with van der Waals surface area (Å²) in [4.78, 5) is 84.2. The average Bonchev–Trinajstić information content (AvgIpc) is 3.36. The molecule has 8 amide bonds. The zero-order valence-electron chi connectivity index (χ0n) is 29.0. The van der Waals surface area contributed by atoms with Gasteiger partial charge in [0.05, 0.1) is 0 Å². The fourth-order valence-corrected chi connectivity index (χ4v) is 13.5. The Balaban J connectivity index is 0.861. The van der Waals surface area contributed by atoms with Crippen LogP contribution in [-0.4, -0.2) is 80.5 Å². The number of carbonyl (C=O) groups excluding carboxylic acids is 6. The van der Waals surface area contributed by atoms with Crippen LogP contribution in [0.5, 0.6) is 0 Å². The van der Waals surface area contributed by atoms with Crippen molar-refractivity contribution in [3.05, 3.63) is 0 Å². The molecule has 48 heavy (non-hydrogen) atoms. The van der Waals surface area contributed by atoms with Crippen LogP contribution in [0, 0.1) is 46.3 Å². The van der Waals surface area contributed by atoms with Gasteiger partial charge in [0.25, 0.3) is 0 Å². The number of hydrogen-bond donors (Lipinski definition) is 0. The number of hydrogen-bond acceptors (Lipinski definition) is 6. The predicted octanol–water partition coefficient (Wildman–Crippen LogP) is 6.12. The fourth-order valence-electron chi connectivity index (χ4n) is 13.5. The number of amides is 8. The van der Waals surface area contributed by atoms with Crippen LogP contribution < -0.4 is 0 Å². The molecule has 10 nitrogen and oxygen atoms in total. The third-order valence-electron chi connectivity index (χ3n) is 14.5. The van der Waals surface area contributed by atoms with Crippen molar-refractivity contribution in [3.63, 3.8) is 0 Å². The van der Waals surface area contributed by atoms with E-state index < -0.39 is 35.7 Å². The smallest absolute Gasteiger partial charge is 0.263 e. The summed E-state index contributed by atoms with van der Waals surface area (Å²) in [5, 5.41) is 0. The summed E-state index contributed by atoms with van der Waals surface area (Å²) in [6.45, 7) is 4.09. The van der Waals surface area contributed by atoms with Crippen LogP contribution in [0.2, 0.25) is 0 Å². The van der Waals surface area contributed by atoms with Crippen LogP contribution in [0.25, 0.3) is 0 Å². The van der Waals surface area contributed by atoms with Crippen LogP contribution in [-0.2, 0) is 19.2 Å². The maximum Gasteiger partial charge on any atom is 0.334 e. The highest BCUT2D eigenvalue weighted by Gasteiger charge is 2.56. The van der Waals surface area contributed by atoms with E-state index in [4.69, 9.17) is 0 Å². The lowest BCUT2D eigenvalue weighted by Gasteiger charge is -2.58. The number of nitrogens with zero attached hydrogens (tertiary/aromatic N) is 4. The standard InChI is InChI=1S/C38H54N4O6/c1-3-29(21-37-15-23-9-24(16-37)11-25(10-23)17-37)41-33(45)31(43)39(35(41)47)7-5-6-8-40-32(44)34(46)42(36(40)48)30(4-2)22-38-18-26-12-27(19-38)14-28(13-26)20-38/h23-30H,3-22H2,1-2H3. The molecule has 2 heterocycles. The molecule has 0 aromatic carbocycles. The molecular formula is C38H54N4O6. The Labute approximate surface area is 284 Å². The van der Waals surface area contributed by atoms with E-state index in [1.54, 1.807) is 0 Å². The maximum absolute atomic E-state index is 13.6. The molecule has 10 aliphatic rings. The fraction of sp³-hybridized carbons (Fsp3) is 0.842. The topological polar surface area (TPSA) is 115 Å². The monoisotopic (exact) mass is 662 g/mol. The largest absolute Gasteiger partial charge is 0.334 e. The van der Waals surface area contributed by atoms with E-state index >= 15 is 0 Å². The molecule has 10 fully saturated rings. The molecule has 0 spiro atoms. The molecule has 10 rings (SSSR count). The first-order valence-electron chi connectivity index (χ1n) is 19.4. The third-order valence-corrected chi connectivity index (χ3v) is 14.5. The quantitative estimate of drug-likeness (QED) is 0.133. The van der Waals surface area contributed by atoms with Crippen LogP contribution in [0.1, 0.15) is 129 Å². The Kier molecular flexibility index (Phi) is 8.06. The normalized spacial score (nSPS) is 39.6. The van der Waals surface area contributed by atoms with Gasteiger partial charge in [-0.15, -0.1) is 0 Å². The van der Waals surface area contributed by atoms with Gasteiger partial charge in [-0.3, -0.25) is 38.8 Å². The Hall–Kier alpha value is -2.78. The molecule has 10 heteroatoms. The first-order chi connectivity index (χ1) is 23.0. The Morgan fingerprint density at radius 1 is 0.500 bits per heavy atom. The molecule has 8 bridgehead atoms. The van der Waals surface area contributed by atoms with E-state index in [-0.39, 0.29) is 36.0 Å². The number of urea groups is 2. The lowest BCUT2D eigenvalue weighted by molar-refractivity contribution is -0.145. The van der Waals surface area contributed by atoms with E-state index in [0.29, 0.717) is 25.7 Å². The highest BCUT2D eigenvalue weighted by molar-refractivity contribution is 6.45. The van der Waals surface area contributed by atoms with E-state index in [9.17, 15) is 28.8 Å². The Morgan fingerprint density at radius 3 is 1.06 bits per heavy atom. The van der Waals surface area contributed by atoms with E-state index in [1.165, 1.54) is 86.8 Å². The summed E-state index contributed by atoms with van der Waals surface area (Å²) in [5.41, 5.74) is 0.358. The highest BCUT2D eigenvalue weighted by Crippen LogP contribution is 2.63. The molecule has 8 aliphatic carbocycles. The molecule has 0 aromatic heterocycles. The van der Waals surface area contributed by atoms with Crippen LogP contribution in [0.3, 0.4) is 0 Å². The molecule has 2 atom stereocenters. The van der Waals surface area contributed by atoms with Gasteiger partial charge in [-0.25, -0.2) is 9.59 Å². The van der Waals surface area contributed by atoms with Gasteiger partial charge < -0.3 is 0 Å². The lowest BCUT2D eigenvalue weighted by atomic mass is 9.48. The van der Waals surface area contributed by atoms with Gasteiger partial charge in [-0.2, -0.15) is 0 Å². The van der Waals surface area contributed by atoms with E-state index in [0.717, 1.165) is 58.1 Å². The minimum Gasteiger partial charge on any atom is -0.263 e. The number of rotatable bonds is 13. The SMILES string of the molecule is CCC(CC12CC3CC(CC(C3)C1)C2)N1C(=O)C(=O)N(CCCCN2C(=O)C(=O)N(C(CC)CC34CC5CC(CC(C5)C3)C4)C2=O)C1=O. The number of imide groups is 4. The van der Waals surface area contributed by atoms with Gasteiger partial charge in [0.1, 0.15) is 0 Å². The average molecular weight is 663 g/mol. The summed E-state index contributed by atoms with van der Waals surface area (Å²) in [6, 6.07) is -1.63. The molecule has 0 N–H and O–H groups in total. The van der Waals surface area contributed by atoms with Crippen LogP contribution >= 0.6 is 0 Å². The minimum atomic E-state index is -0.783. The Bertz CT molecular complexity index is 1230. The summed E-state index contributed by atoms with van der Waals surface area (Å²) in [5.74, 6) is 1.58. The number of carbonyl (C=O) groups is 6. The molecule has 262 valence electrons. The lowest BCUT2D eigenvalue weighted by Crippen LogP contribution is -2.50. The molecule has 2 aliphatic heterocycles. The molecule has 8 saturated carbocycles. The maximum atomic E-state index is 13.6. The second-order valence-electron chi connectivity index (χ2n) is 17.9. The van der Waals surface area contributed by atoms with Gasteiger partial charge in [0.15, 0.2) is 0 Å². The molecule has 2 unspecified atom stereocenters. The van der Waals surface area contributed by atoms with Crippen molar-refractivity contribution < 1.29 is 28.8 Å². The molecule has 2 saturated heterocycles. The summed E-state index contributed by atoms with van der Waals surface area (Å²) in [6.07, 6.45) is 18.5. The first kappa shape index (κ1) is 32.4. The van der Waals surface area contributed by atoms with Crippen molar-refractivity contribution in [2.45, 2.75) is 142 Å². The molecular weight excluding hydrogens is 608 g/mol. The van der Waals surface area contributed by atoms with Gasteiger partial charge in [-0.1, -0.05) is 13.8 Å². The van der Waals surface area contributed by atoms with Gasteiger partial charge >= 0.3 is 35.7 Å². The minimum absolute atomic E-state index is 0.0468. The summed E-state index contributed by atoms with van der Waals surface area (Å²) >= 11 is 0. The van der Waals surface area contributed by atoms with Crippen molar-refractivity contribution in [1.82, 2.24) is 19.6 Å². The van der Waals surface area contributed by atoms with Crippen molar-refractivity contribution in [2.24, 2.45) is 46.3 Å². The highest BCUT2D eigenvalue weighted by atomic mass is 16.2. The number of unbranched alkanes of at least 4 members (excludes halogenated alkanes) is 1. The zero-order valence-corrected chi connectivity index (χ0v) is 29.0. The first-order valence-corrected chi connectivity index (χ1v) is 19.4. The second-order valence-corrected chi connectivity index (χ2v) is 17.9. The van der Waals surface area contributed by atoms with Crippen molar-refractivity contribution in [3.8, 4) is 0 Å². The zero-order chi connectivity index (χ0) is 33.5. The molecule has 0 radical (unpaired) electrons. The Morgan fingerprint density at radius 2 is 0.792 bits per heavy atom. The summed E-state index contributed by atoms with van der Waals surface area (Å²) in [7, 11) is 0. The predicted molar refractivity (Wildman–Crippen MR) is 176 cm³/mol. The van der Waals surface area contributed by atoms with Crippen molar-refractivity contribution in [2.75, 3.05) is 13.1 Å².